The number of imidazole rings is 1. The Morgan fingerprint density at radius 2 is 2.00 bits per heavy atom. The number of pyridine rings is 2. The van der Waals surface area contributed by atoms with Gasteiger partial charge in [0, 0.05) is 37.6 Å². The summed E-state index contributed by atoms with van der Waals surface area (Å²) in [5, 5.41) is 5.38. The van der Waals surface area contributed by atoms with Crippen molar-refractivity contribution in [3.05, 3.63) is 48.5 Å². The van der Waals surface area contributed by atoms with Gasteiger partial charge in [-0.1, -0.05) is 6.07 Å². The van der Waals surface area contributed by atoms with Crippen LogP contribution in [0.5, 0.6) is 0 Å². The Hall–Kier alpha value is -3.42. The van der Waals surface area contributed by atoms with Gasteiger partial charge >= 0.3 is 6.03 Å². The Morgan fingerprint density at radius 3 is 2.71 bits per heavy atom. The molecule has 144 valence electrons. The topological polar surface area (TPSA) is 91.6 Å². The number of fused-ring (bicyclic) bond motifs is 1. The van der Waals surface area contributed by atoms with Crippen molar-refractivity contribution in [3.8, 4) is 11.1 Å². The van der Waals surface area contributed by atoms with Crippen molar-refractivity contribution < 1.29 is 9.59 Å². The third-order valence-electron chi connectivity index (χ3n) is 4.76. The predicted octanol–water partition coefficient (Wildman–Crippen LogP) is 2.77. The quantitative estimate of drug-likeness (QED) is 0.730. The highest BCUT2D eigenvalue weighted by molar-refractivity contribution is 5.95. The maximum Gasteiger partial charge on any atom is 0.320 e. The van der Waals surface area contributed by atoms with Gasteiger partial charge in [-0.15, -0.1) is 0 Å². The highest BCUT2D eigenvalue weighted by Gasteiger charge is 2.23. The van der Waals surface area contributed by atoms with Gasteiger partial charge in [0.05, 0.1) is 6.20 Å². The van der Waals surface area contributed by atoms with E-state index in [1.807, 2.05) is 36.1 Å². The lowest BCUT2D eigenvalue weighted by atomic mass is 10.1. The molecular formula is C20H22N6O2. The molecule has 0 aromatic carbocycles. The number of nitrogens with zero attached hydrogens (tertiary/aromatic N) is 4. The number of urea groups is 1. The van der Waals surface area contributed by atoms with Crippen molar-refractivity contribution in [2.75, 3.05) is 25.0 Å². The number of anilines is 1. The minimum atomic E-state index is -0.328. The molecule has 0 unspecified atom stereocenters. The summed E-state index contributed by atoms with van der Waals surface area (Å²) < 4.78 is 1.74. The minimum Gasteiger partial charge on any atom is -0.338 e. The SMILES string of the molecule is CCNC(=O)Nc1cn2c(C(=O)N3CCCC3)cc(-c3cccnc3)cc2n1. The van der Waals surface area contributed by atoms with Gasteiger partial charge in [-0.25, -0.2) is 9.78 Å². The Bertz CT molecular complexity index is 1010. The van der Waals surface area contributed by atoms with Crippen LogP contribution in [0.15, 0.2) is 42.9 Å². The summed E-state index contributed by atoms with van der Waals surface area (Å²) >= 11 is 0. The van der Waals surface area contributed by atoms with E-state index in [2.05, 4.69) is 20.6 Å². The van der Waals surface area contributed by atoms with E-state index < -0.39 is 0 Å². The average Bonchev–Trinajstić information content (AvgIpc) is 3.37. The number of carbonyl (C=O) groups is 2. The van der Waals surface area contributed by atoms with Crippen molar-refractivity contribution in [1.82, 2.24) is 24.6 Å². The number of aromatic nitrogens is 3. The van der Waals surface area contributed by atoms with Crippen LogP contribution in [0.1, 0.15) is 30.3 Å². The molecule has 8 heteroatoms. The van der Waals surface area contributed by atoms with Crippen molar-refractivity contribution >= 4 is 23.4 Å². The van der Waals surface area contributed by atoms with Crippen molar-refractivity contribution in [2.24, 2.45) is 0 Å². The second-order valence-corrected chi connectivity index (χ2v) is 6.71. The van der Waals surface area contributed by atoms with Crippen LogP contribution in [-0.2, 0) is 0 Å². The van der Waals surface area contributed by atoms with Gasteiger partial charge < -0.3 is 10.2 Å². The summed E-state index contributed by atoms with van der Waals surface area (Å²) in [6.07, 6.45) is 7.19. The zero-order valence-electron chi connectivity index (χ0n) is 15.7. The van der Waals surface area contributed by atoms with E-state index in [4.69, 9.17) is 0 Å². The highest BCUT2D eigenvalue weighted by Crippen LogP contribution is 2.25. The van der Waals surface area contributed by atoms with Gasteiger partial charge in [0.2, 0.25) is 0 Å². The normalized spacial score (nSPS) is 13.7. The molecule has 0 bridgehead atoms. The molecule has 4 heterocycles. The molecule has 1 fully saturated rings. The largest absolute Gasteiger partial charge is 0.338 e. The van der Waals surface area contributed by atoms with E-state index in [1.54, 1.807) is 23.0 Å². The molecule has 0 spiro atoms. The van der Waals surface area contributed by atoms with Crippen molar-refractivity contribution in [2.45, 2.75) is 19.8 Å². The van der Waals surface area contributed by atoms with E-state index in [9.17, 15) is 9.59 Å². The number of nitrogens with one attached hydrogen (secondary N) is 2. The first kappa shape index (κ1) is 18.0. The van der Waals surface area contributed by atoms with Crippen LogP contribution in [-0.4, -0.2) is 50.8 Å². The van der Waals surface area contributed by atoms with Crippen LogP contribution in [0.3, 0.4) is 0 Å². The summed E-state index contributed by atoms with van der Waals surface area (Å²) in [7, 11) is 0. The first-order valence-electron chi connectivity index (χ1n) is 9.43. The summed E-state index contributed by atoms with van der Waals surface area (Å²) in [4.78, 5) is 35.5. The van der Waals surface area contributed by atoms with Crippen molar-refractivity contribution in [1.29, 1.82) is 0 Å². The Balaban J connectivity index is 1.79. The number of rotatable bonds is 4. The van der Waals surface area contributed by atoms with E-state index in [-0.39, 0.29) is 11.9 Å². The first-order chi connectivity index (χ1) is 13.7. The molecule has 3 aromatic heterocycles. The van der Waals surface area contributed by atoms with E-state index in [0.29, 0.717) is 23.7 Å². The van der Waals surface area contributed by atoms with Crippen LogP contribution < -0.4 is 10.6 Å². The standard InChI is InChI=1S/C20H22N6O2/c1-2-22-20(28)24-17-13-26-16(19(27)25-8-3-4-9-25)10-15(11-18(26)23-17)14-6-5-7-21-12-14/h5-7,10-13H,2-4,8-9H2,1H3,(H2,22,24,28). The van der Waals surface area contributed by atoms with Gasteiger partial charge in [-0.2, -0.15) is 0 Å². The zero-order valence-corrected chi connectivity index (χ0v) is 15.7. The smallest absolute Gasteiger partial charge is 0.320 e. The number of likely N-dealkylation sites (tertiary alicyclic amines) is 1. The Labute approximate surface area is 162 Å². The number of amides is 3. The fourth-order valence-electron chi connectivity index (χ4n) is 3.42. The molecule has 4 rings (SSSR count). The number of hydrogen-bond donors (Lipinski definition) is 2. The molecule has 1 aliphatic heterocycles. The molecule has 2 N–H and O–H groups in total. The van der Waals surface area contributed by atoms with E-state index in [1.165, 1.54) is 0 Å². The lowest BCUT2D eigenvalue weighted by molar-refractivity contribution is 0.0785. The summed E-state index contributed by atoms with van der Waals surface area (Å²) in [5.74, 6) is 0.361. The zero-order chi connectivity index (χ0) is 19.5. The van der Waals surface area contributed by atoms with E-state index in [0.717, 1.165) is 37.1 Å². The van der Waals surface area contributed by atoms with Gasteiger partial charge in [-0.05, 0) is 43.5 Å². The summed E-state index contributed by atoms with van der Waals surface area (Å²) in [6.45, 7) is 3.88. The number of carbonyl (C=O) groups excluding carboxylic acids is 2. The Morgan fingerprint density at radius 1 is 1.18 bits per heavy atom. The van der Waals surface area contributed by atoms with Crippen LogP contribution in [0.2, 0.25) is 0 Å². The highest BCUT2D eigenvalue weighted by atomic mass is 16.2. The Kier molecular flexibility index (Phi) is 4.92. The molecular weight excluding hydrogens is 356 g/mol. The van der Waals surface area contributed by atoms with Crippen LogP contribution >= 0.6 is 0 Å². The second-order valence-electron chi connectivity index (χ2n) is 6.71. The molecule has 28 heavy (non-hydrogen) atoms. The molecule has 1 aliphatic rings. The lowest BCUT2D eigenvalue weighted by Gasteiger charge is -2.17. The maximum atomic E-state index is 13.1. The molecule has 0 radical (unpaired) electrons. The fourth-order valence-corrected chi connectivity index (χ4v) is 3.42. The number of hydrogen-bond acceptors (Lipinski definition) is 4. The summed E-state index contributed by atoms with van der Waals surface area (Å²) in [6, 6.07) is 7.23. The van der Waals surface area contributed by atoms with Crippen LogP contribution in [0.25, 0.3) is 16.8 Å². The second kappa shape index (κ2) is 7.67. The van der Waals surface area contributed by atoms with Gasteiger partial charge in [0.25, 0.3) is 5.91 Å². The molecule has 8 nitrogen and oxygen atoms in total. The molecule has 3 amide bonds. The third-order valence-corrected chi connectivity index (χ3v) is 4.76. The molecule has 0 atom stereocenters. The average molecular weight is 378 g/mol. The minimum absolute atomic E-state index is 0.0322. The monoisotopic (exact) mass is 378 g/mol. The van der Waals surface area contributed by atoms with Gasteiger partial charge in [-0.3, -0.25) is 19.5 Å². The van der Waals surface area contributed by atoms with Crippen LogP contribution in [0.4, 0.5) is 10.6 Å². The van der Waals surface area contributed by atoms with Gasteiger partial charge in [0.15, 0.2) is 5.82 Å². The van der Waals surface area contributed by atoms with Gasteiger partial charge in [0.1, 0.15) is 11.3 Å². The van der Waals surface area contributed by atoms with E-state index >= 15 is 0 Å². The predicted molar refractivity (Wildman–Crippen MR) is 106 cm³/mol. The van der Waals surface area contributed by atoms with Crippen LogP contribution in [0, 0.1) is 0 Å². The first-order valence-corrected chi connectivity index (χ1v) is 9.43. The molecule has 1 saturated heterocycles. The maximum absolute atomic E-state index is 13.1. The molecule has 0 aliphatic carbocycles. The molecule has 3 aromatic rings. The van der Waals surface area contributed by atoms with Crippen molar-refractivity contribution in [3.63, 3.8) is 0 Å². The fraction of sp³-hybridized carbons (Fsp3) is 0.300. The third kappa shape index (κ3) is 3.53. The molecule has 0 saturated carbocycles. The summed E-state index contributed by atoms with van der Waals surface area (Å²) in [5.41, 5.74) is 2.88. The lowest BCUT2D eigenvalue weighted by Crippen LogP contribution is -2.29.